The first-order chi connectivity index (χ1) is 29.8. The minimum Gasteiger partial charge on any atom is -0.778 e. The van der Waals surface area contributed by atoms with Gasteiger partial charge in [-0.05, 0) is 0 Å². The van der Waals surface area contributed by atoms with E-state index in [1.807, 2.05) is 0 Å². The summed E-state index contributed by atoms with van der Waals surface area (Å²) in [6.45, 7) is -2.74. The molecule has 2 aliphatic heterocycles. The van der Waals surface area contributed by atoms with E-state index in [-0.39, 0.29) is 40.8 Å². The highest BCUT2D eigenvalue weighted by Crippen LogP contribution is 2.63. The lowest BCUT2D eigenvalue weighted by molar-refractivity contribution is -0.745. The molecule has 12 atom stereocenters. The van der Waals surface area contributed by atoms with Crippen LogP contribution in [0.25, 0.3) is 22.3 Å². The van der Waals surface area contributed by atoms with E-state index in [0.717, 1.165) is 26.3 Å². The fraction of sp³-hybridized carbons (Fsp3) is 0.538. The van der Waals surface area contributed by atoms with Crippen molar-refractivity contribution in [3.8, 4) is 0 Å². The third-order valence-corrected chi connectivity index (χ3v) is 15.0. The van der Waals surface area contributed by atoms with Gasteiger partial charge >= 0.3 is 5.65 Å². The molecule has 7 rings (SSSR count). The van der Waals surface area contributed by atoms with Crippen LogP contribution in [0.5, 0.6) is 0 Å². The Balaban J connectivity index is 0.860. The second-order valence-corrected chi connectivity index (χ2v) is 20.4. The number of aromatic amines is 2. The van der Waals surface area contributed by atoms with Gasteiger partial charge in [-0.1, -0.05) is 10.2 Å². The number of aromatic nitrogens is 11. The van der Waals surface area contributed by atoms with Crippen molar-refractivity contribution in [3.63, 3.8) is 0 Å². The van der Waals surface area contributed by atoms with Crippen LogP contribution in [0.4, 0.5) is 11.9 Å². The number of nitrogen functional groups attached to an aromatic ring is 2. The van der Waals surface area contributed by atoms with Crippen LogP contribution in [0.2, 0.25) is 0 Å². The first-order valence-electron chi connectivity index (χ1n) is 17.9. The zero-order valence-electron chi connectivity index (χ0n) is 32.2. The van der Waals surface area contributed by atoms with Gasteiger partial charge in [0.1, 0.15) is 44.2 Å². The molecule has 2 saturated heterocycles. The Bertz CT molecular complexity index is 2870. The third-order valence-electron chi connectivity index (χ3n) is 9.28. The molecule has 0 spiro atoms. The van der Waals surface area contributed by atoms with E-state index in [1.165, 1.54) is 17.9 Å². The quantitative estimate of drug-likeness (QED) is 0.0291. The van der Waals surface area contributed by atoms with Crippen molar-refractivity contribution in [1.29, 1.82) is 0 Å². The van der Waals surface area contributed by atoms with Gasteiger partial charge in [0.05, 0.1) is 45.0 Å². The number of phosphoric ester groups is 1. The van der Waals surface area contributed by atoms with Gasteiger partial charge in [-0.2, -0.15) is 4.98 Å². The summed E-state index contributed by atoms with van der Waals surface area (Å²) in [7, 11) is -21.3. The number of hydrogen-bond donors (Lipinski definition) is 9. The highest BCUT2D eigenvalue weighted by atomic mass is 31.3. The molecule has 5 aromatic rings. The fourth-order valence-electron chi connectivity index (χ4n) is 6.52. The Hall–Kier alpha value is -4.24. The molecule has 0 aliphatic carbocycles. The number of imidazole rings is 2. The van der Waals surface area contributed by atoms with E-state index in [1.54, 1.807) is 0 Å². The predicted molar refractivity (Wildman–Crippen MR) is 197 cm³/mol. The number of anilines is 2. The molecule has 0 aromatic carbocycles. The fourth-order valence-corrected chi connectivity index (χ4v) is 11.2. The molecule has 5 aromatic heterocycles. The third kappa shape index (κ3) is 10.4. The zero-order chi connectivity index (χ0) is 46.7. The van der Waals surface area contributed by atoms with Gasteiger partial charge in [0.15, 0.2) is 23.7 Å². The maximum absolute atomic E-state index is 12.6. The zero-order valence-corrected chi connectivity index (χ0v) is 35.8. The van der Waals surface area contributed by atoms with Crippen molar-refractivity contribution in [2.24, 2.45) is 7.05 Å². The molecule has 11 N–H and O–H groups in total. The SMILES string of the molecule is Cn1c[n+]([C@@H]2O[C@H](COP(=O)([O-])OP(=O)([O-])OP(=O)([O-])Cc3cn(CCNP(=O)([O-])OC[C@H]4O[C@@H](n5cnc6c(=O)[nH]c(N)nc65)[C@@H](O)C4O)nn3)[C@H](O)C2O)c2nc(N)[nH]c(=O)c21. The van der Waals surface area contributed by atoms with E-state index in [2.05, 4.69) is 53.5 Å². The molecular formula is C26H35N14O20P4-3. The monoisotopic (exact) mass is 987 g/mol. The van der Waals surface area contributed by atoms with Crippen LogP contribution in [0.15, 0.2) is 28.4 Å². The average Bonchev–Trinajstić information content (AvgIpc) is 3.98. The minimum atomic E-state index is -6.28. The van der Waals surface area contributed by atoms with E-state index in [0.29, 0.717) is 0 Å². The van der Waals surface area contributed by atoms with E-state index in [9.17, 15) is 67.8 Å². The van der Waals surface area contributed by atoms with Crippen LogP contribution in [0, 0.1) is 0 Å². The first-order valence-corrected chi connectivity index (χ1v) is 24.1. The topological polar surface area (TPSA) is 510 Å². The number of ether oxygens (including phenoxy) is 2. The van der Waals surface area contributed by atoms with Crippen molar-refractivity contribution >= 4 is 65.2 Å². The van der Waals surface area contributed by atoms with E-state index in [4.69, 9.17) is 25.5 Å². The molecular weight excluding hydrogens is 952 g/mol. The second-order valence-electron chi connectivity index (χ2n) is 13.9. The number of nitrogens with one attached hydrogen (secondary N) is 3. The van der Waals surface area contributed by atoms with Crippen LogP contribution in [-0.2, 0) is 65.2 Å². The summed E-state index contributed by atoms with van der Waals surface area (Å²) >= 11 is 0. The van der Waals surface area contributed by atoms with Crippen LogP contribution in [0.3, 0.4) is 0 Å². The Morgan fingerprint density at radius 2 is 1.55 bits per heavy atom. The van der Waals surface area contributed by atoms with Crippen LogP contribution in [0.1, 0.15) is 18.1 Å². The van der Waals surface area contributed by atoms with E-state index < -0.39 is 123 Å². The smallest absolute Gasteiger partial charge is 0.313 e. The highest BCUT2D eigenvalue weighted by molar-refractivity contribution is 7.66. The molecule has 34 nitrogen and oxygen atoms in total. The molecule has 64 heavy (non-hydrogen) atoms. The molecule has 0 saturated carbocycles. The van der Waals surface area contributed by atoms with Gasteiger partial charge in [-0.15, -0.1) is 5.10 Å². The Morgan fingerprint density at radius 1 is 0.891 bits per heavy atom. The number of aryl methyl sites for hydroxylation is 1. The predicted octanol–water partition coefficient (Wildman–Crippen LogP) is -7.51. The summed E-state index contributed by atoms with van der Waals surface area (Å²) in [5.41, 5.74) is 9.03. The van der Waals surface area contributed by atoms with Crippen LogP contribution < -0.4 is 51.8 Å². The normalized spacial score (nSPS) is 27.7. The summed E-state index contributed by atoms with van der Waals surface area (Å²) in [6, 6.07) is 0. The van der Waals surface area contributed by atoms with Crippen LogP contribution >= 0.6 is 31.0 Å². The van der Waals surface area contributed by atoms with Gasteiger partial charge in [0.25, 0.3) is 32.7 Å². The number of nitrogens with two attached hydrogens (primary N) is 2. The number of H-pyrrole nitrogens is 2. The molecule has 6 unspecified atom stereocenters. The van der Waals surface area contributed by atoms with E-state index >= 15 is 0 Å². The van der Waals surface area contributed by atoms with Gasteiger partial charge < -0.3 is 74.6 Å². The number of rotatable bonds is 18. The number of fused-ring (bicyclic) bond motifs is 2. The summed E-state index contributed by atoms with van der Waals surface area (Å²) in [4.78, 5) is 90.6. The van der Waals surface area contributed by atoms with Crippen molar-refractivity contribution in [2.75, 3.05) is 31.2 Å². The molecule has 0 bridgehead atoms. The number of hydrogen-bond acceptors (Lipinski definition) is 27. The molecule has 2 aliphatic rings. The second kappa shape index (κ2) is 17.9. The highest BCUT2D eigenvalue weighted by Gasteiger charge is 2.48. The largest absolute Gasteiger partial charge is 0.778 e. The van der Waals surface area contributed by atoms with Crippen molar-refractivity contribution in [1.82, 2.24) is 54.1 Å². The van der Waals surface area contributed by atoms with Crippen molar-refractivity contribution in [3.05, 3.63) is 45.3 Å². The Kier molecular flexibility index (Phi) is 13.3. The lowest BCUT2D eigenvalue weighted by Gasteiger charge is -2.34. The molecule has 0 radical (unpaired) electrons. The molecule has 7 heterocycles. The average molecular weight is 988 g/mol. The molecule has 38 heteroatoms. The first kappa shape index (κ1) is 47.7. The number of phosphoric acid groups is 2. The molecule has 0 amide bonds. The number of aliphatic hydroxyl groups excluding tert-OH is 4. The molecule has 352 valence electrons. The van der Waals surface area contributed by atoms with Gasteiger partial charge in [-0.25, -0.2) is 13.9 Å². The molecule has 2 fully saturated rings. The van der Waals surface area contributed by atoms with Crippen LogP contribution in [-0.4, -0.2) is 126 Å². The minimum absolute atomic E-state index is 0.0147. The lowest BCUT2D eigenvalue weighted by Crippen LogP contribution is -2.46. The Morgan fingerprint density at radius 3 is 2.28 bits per heavy atom. The van der Waals surface area contributed by atoms with Gasteiger partial charge in [0.2, 0.25) is 25.4 Å². The maximum Gasteiger partial charge on any atom is 0.313 e. The Labute approximate surface area is 354 Å². The summed E-state index contributed by atoms with van der Waals surface area (Å²) in [5.74, 6) is -0.573. The van der Waals surface area contributed by atoms with Crippen molar-refractivity contribution < 1.29 is 90.0 Å². The summed E-state index contributed by atoms with van der Waals surface area (Å²) < 4.78 is 82.6. The van der Waals surface area contributed by atoms with Gasteiger partial charge in [0, 0.05) is 12.7 Å². The maximum atomic E-state index is 12.6. The van der Waals surface area contributed by atoms with Gasteiger partial charge in [-0.3, -0.25) is 56.5 Å². The number of nitrogens with zero attached hydrogens (tertiary/aromatic N) is 9. The summed E-state index contributed by atoms with van der Waals surface area (Å²) in [5, 5.41) is 51.3. The lowest BCUT2D eigenvalue weighted by atomic mass is 10.1. The number of aliphatic hydroxyl groups is 4. The van der Waals surface area contributed by atoms with Crippen molar-refractivity contribution in [2.45, 2.75) is 61.8 Å². The standard InChI is InChI=1S/C26H38N14O20P4/c1-37-9-40(20-14(37)22(46)34-26(28)32-20)24-18(44)16(42)12(58-24)6-56-63(51,52)60-64(53,54)59-61(47,48)7-10-4-38(36-35-10)3-2-30-62(49,50)55-5-11-15(41)17(43)23(57-11)39-8-29-13-19(39)31-25(27)33-21(13)45/h4,8-9,11-12,15-18,23-24,41-44H,2-3,5-7H2,1H3,(H10-,27,28,30,31,32,33,34,45,46,47,48,49,50,51,52,53,54)/p-3/t11-,12-,15?,16+,17+,18?,23-,24-/m1/s1. The summed E-state index contributed by atoms with van der Waals surface area (Å²) in [6.07, 6.45) is -10.9.